The molecule has 1 aliphatic rings. The predicted molar refractivity (Wildman–Crippen MR) is 77.7 cm³/mol. The van der Waals surface area contributed by atoms with Gasteiger partial charge in [0.1, 0.15) is 17.1 Å². The summed E-state index contributed by atoms with van der Waals surface area (Å²) in [5, 5.41) is 0. The van der Waals surface area contributed by atoms with E-state index >= 15 is 0 Å². The zero-order valence-corrected chi connectivity index (χ0v) is 12.4. The molecule has 0 radical (unpaired) electrons. The van der Waals surface area contributed by atoms with Crippen LogP contribution in [0.25, 0.3) is 0 Å². The second-order valence-electron chi connectivity index (χ2n) is 5.75. The largest absolute Gasteiger partial charge is 0.491 e. The first-order valence-corrected chi connectivity index (χ1v) is 7.22. The summed E-state index contributed by atoms with van der Waals surface area (Å²) >= 11 is 0. The smallest absolute Gasteiger partial charge is 0.125 e. The number of benzene rings is 1. The summed E-state index contributed by atoms with van der Waals surface area (Å²) in [6, 6.07) is 6.01. The molecule has 0 fully saturated rings. The molecule has 0 saturated heterocycles. The number of hydrogen-bond donors (Lipinski definition) is 1. The van der Waals surface area contributed by atoms with E-state index in [9.17, 15) is 0 Å². The van der Waals surface area contributed by atoms with E-state index in [1.54, 1.807) is 0 Å². The van der Waals surface area contributed by atoms with Gasteiger partial charge in [-0.15, -0.1) is 0 Å². The lowest BCUT2D eigenvalue weighted by molar-refractivity contribution is 0.0500. The van der Waals surface area contributed by atoms with Crippen molar-refractivity contribution < 1.29 is 9.47 Å². The Hall–Kier alpha value is -1.22. The predicted octanol–water partition coefficient (Wildman–Crippen LogP) is 3.81. The van der Waals surface area contributed by atoms with E-state index in [4.69, 9.17) is 15.2 Å². The Bertz CT molecular complexity index is 446. The summed E-state index contributed by atoms with van der Waals surface area (Å²) < 4.78 is 11.9. The van der Waals surface area contributed by atoms with Gasteiger partial charge in [0.2, 0.25) is 0 Å². The van der Waals surface area contributed by atoms with Crippen molar-refractivity contribution in [3.63, 3.8) is 0 Å². The number of ether oxygens (including phenoxy) is 2. The number of nitrogens with two attached hydrogens (primary N) is 1. The third-order valence-electron chi connectivity index (χ3n) is 4.05. The average molecular weight is 263 g/mol. The van der Waals surface area contributed by atoms with Crippen LogP contribution in [0.1, 0.15) is 58.6 Å². The molecule has 1 aromatic carbocycles. The van der Waals surface area contributed by atoms with Crippen LogP contribution in [0.4, 0.5) is 0 Å². The van der Waals surface area contributed by atoms with Crippen LogP contribution in [-0.2, 0) is 0 Å². The van der Waals surface area contributed by atoms with Gasteiger partial charge in [-0.05, 0) is 44.9 Å². The molecule has 3 unspecified atom stereocenters. The van der Waals surface area contributed by atoms with Gasteiger partial charge < -0.3 is 15.2 Å². The number of hydrogen-bond acceptors (Lipinski definition) is 3. The Morgan fingerprint density at radius 2 is 2.21 bits per heavy atom. The Morgan fingerprint density at radius 1 is 1.47 bits per heavy atom. The van der Waals surface area contributed by atoms with Gasteiger partial charge in [-0.2, -0.15) is 0 Å². The van der Waals surface area contributed by atoms with Gasteiger partial charge in [-0.25, -0.2) is 0 Å². The lowest BCUT2D eigenvalue weighted by Gasteiger charge is -2.38. The SMILES string of the molecule is CCC(C)Oc1ccc2c(c1)C(N)CC(C)(CC)O2. The van der Waals surface area contributed by atoms with Gasteiger partial charge in [0, 0.05) is 18.0 Å². The summed E-state index contributed by atoms with van der Waals surface area (Å²) in [6.07, 6.45) is 3.03. The maximum absolute atomic E-state index is 6.29. The van der Waals surface area contributed by atoms with E-state index in [-0.39, 0.29) is 17.7 Å². The van der Waals surface area contributed by atoms with Crippen LogP contribution in [0.15, 0.2) is 18.2 Å². The fraction of sp³-hybridized carbons (Fsp3) is 0.625. The van der Waals surface area contributed by atoms with Crippen LogP contribution in [0.3, 0.4) is 0 Å². The van der Waals surface area contributed by atoms with Crippen molar-refractivity contribution in [2.45, 2.75) is 64.7 Å². The van der Waals surface area contributed by atoms with Gasteiger partial charge >= 0.3 is 0 Å². The lowest BCUT2D eigenvalue weighted by Crippen LogP contribution is -2.39. The highest BCUT2D eigenvalue weighted by molar-refractivity contribution is 5.44. The molecular formula is C16H25NO2. The molecule has 0 bridgehead atoms. The van der Waals surface area contributed by atoms with Crippen molar-refractivity contribution >= 4 is 0 Å². The third-order valence-corrected chi connectivity index (χ3v) is 4.05. The van der Waals surface area contributed by atoms with Crippen LogP contribution in [0.5, 0.6) is 11.5 Å². The summed E-state index contributed by atoms with van der Waals surface area (Å²) in [5.41, 5.74) is 7.21. The molecule has 3 nitrogen and oxygen atoms in total. The second-order valence-corrected chi connectivity index (χ2v) is 5.75. The molecule has 19 heavy (non-hydrogen) atoms. The molecule has 106 valence electrons. The second kappa shape index (κ2) is 5.41. The van der Waals surface area contributed by atoms with E-state index in [0.717, 1.165) is 36.3 Å². The first-order chi connectivity index (χ1) is 8.97. The molecule has 3 atom stereocenters. The molecule has 1 heterocycles. The monoisotopic (exact) mass is 263 g/mol. The van der Waals surface area contributed by atoms with Crippen LogP contribution in [0.2, 0.25) is 0 Å². The Labute approximate surface area is 116 Å². The molecule has 2 rings (SSSR count). The summed E-state index contributed by atoms with van der Waals surface area (Å²) in [5.74, 6) is 1.78. The van der Waals surface area contributed by atoms with Crippen LogP contribution in [0, 0.1) is 0 Å². The van der Waals surface area contributed by atoms with Gasteiger partial charge in [0.05, 0.1) is 6.10 Å². The highest BCUT2D eigenvalue weighted by atomic mass is 16.5. The van der Waals surface area contributed by atoms with Crippen LogP contribution in [-0.4, -0.2) is 11.7 Å². The van der Waals surface area contributed by atoms with Gasteiger partial charge in [-0.1, -0.05) is 13.8 Å². The first kappa shape index (κ1) is 14.2. The Kier molecular flexibility index (Phi) is 4.04. The van der Waals surface area contributed by atoms with E-state index in [1.807, 2.05) is 18.2 Å². The van der Waals surface area contributed by atoms with Crippen molar-refractivity contribution in [3.05, 3.63) is 23.8 Å². The molecule has 0 aromatic heterocycles. The minimum Gasteiger partial charge on any atom is -0.491 e. The molecule has 3 heteroatoms. The maximum Gasteiger partial charge on any atom is 0.125 e. The summed E-state index contributed by atoms with van der Waals surface area (Å²) in [4.78, 5) is 0. The molecule has 0 spiro atoms. The fourth-order valence-electron chi connectivity index (χ4n) is 2.40. The number of rotatable bonds is 4. The normalized spacial score (nSPS) is 27.3. The van der Waals surface area contributed by atoms with Crippen molar-refractivity contribution in [1.82, 2.24) is 0 Å². The topological polar surface area (TPSA) is 44.5 Å². The Balaban J connectivity index is 2.24. The molecule has 1 aromatic rings. The Morgan fingerprint density at radius 3 is 2.84 bits per heavy atom. The van der Waals surface area contributed by atoms with Crippen molar-refractivity contribution in [1.29, 1.82) is 0 Å². The first-order valence-electron chi connectivity index (χ1n) is 7.22. The highest BCUT2D eigenvalue weighted by Gasteiger charge is 2.34. The van der Waals surface area contributed by atoms with Crippen molar-refractivity contribution in [3.8, 4) is 11.5 Å². The highest BCUT2D eigenvalue weighted by Crippen LogP contribution is 2.41. The maximum atomic E-state index is 6.29. The van der Waals surface area contributed by atoms with E-state index < -0.39 is 0 Å². The van der Waals surface area contributed by atoms with Crippen molar-refractivity contribution in [2.75, 3.05) is 0 Å². The molecule has 0 amide bonds. The summed E-state index contributed by atoms with van der Waals surface area (Å²) in [6.45, 7) is 8.45. The lowest BCUT2D eigenvalue weighted by atomic mass is 9.87. The molecule has 0 saturated carbocycles. The molecule has 0 aliphatic carbocycles. The molecule has 2 N–H and O–H groups in total. The quantitative estimate of drug-likeness (QED) is 0.898. The third kappa shape index (κ3) is 3.03. The van der Waals surface area contributed by atoms with Crippen molar-refractivity contribution in [2.24, 2.45) is 5.73 Å². The minimum atomic E-state index is -0.147. The zero-order chi connectivity index (χ0) is 14.0. The van der Waals surface area contributed by atoms with E-state index in [0.29, 0.717) is 0 Å². The molecular weight excluding hydrogens is 238 g/mol. The number of fused-ring (bicyclic) bond motifs is 1. The molecule has 1 aliphatic heterocycles. The van der Waals surface area contributed by atoms with Crippen LogP contribution >= 0.6 is 0 Å². The van der Waals surface area contributed by atoms with E-state index in [2.05, 4.69) is 27.7 Å². The van der Waals surface area contributed by atoms with Gasteiger partial charge in [0.15, 0.2) is 0 Å². The average Bonchev–Trinajstić information content (AvgIpc) is 2.39. The van der Waals surface area contributed by atoms with Gasteiger partial charge in [0.25, 0.3) is 0 Å². The van der Waals surface area contributed by atoms with E-state index in [1.165, 1.54) is 0 Å². The van der Waals surface area contributed by atoms with Crippen LogP contribution < -0.4 is 15.2 Å². The fourth-order valence-corrected chi connectivity index (χ4v) is 2.40. The standard InChI is InChI=1S/C16H25NO2/c1-5-11(3)18-12-7-8-15-13(9-12)14(17)10-16(4,6-2)19-15/h7-9,11,14H,5-6,10,17H2,1-4H3. The summed E-state index contributed by atoms with van der Waals surface area (Å²) in [7, 11) is 0. The van der Waals surface area contributed by atoms with Gasteiger partial charge in [-0.3, -0.25) is 0 Å². The zero-order valence-electron chi connectivity index (χ0n) is 12.4. The minimum absolute atomic E-state index is 0.0224.